The lowest BCUT2D eigenvalue weighted by Crippen LogP contribution is -2.01. The summed E-state index contributed by atoms with van der Waals surface area (Å²) in [4.78, 5) is 0. The van der Waals surface area contributed by atoms with Crippen LogP contribution < -0.4 is 10.6 Å². The Kier molecular flexibility index (Phi) is 8.90. The molecule has 0 saturated heterocycles. The molecule has 0 aromatic heterocycles. The van der Waals surface area contributed by atoms with Gasteiger partial charge in [0.2, 0.25) is 0 Å². The SMILES string of the molecule is CC.Cl.c1ccc(Pc2ccccc2)cc1. The predicted octanol–water partition coefficient (Wildman–Crippen LogP) is 3.76. The molecule has 0 spiro atoms. The first-order chi connectivity index (χ1) is 7.45. The largest absolute Gasteiger partial charge is 0.147 e. The van der Waals surface area contributed by atoms with Crippen LogP contribution in [0.2, 0.25) is 0 Å². The fourth-order valence-corrected chi connectivity index (χ4v) is 2.26. The third-order valence-electron chi connectivity index (χ3n) is 1.84. The predicted molar refractivity (Wildman–Crippen MR) is 79.1 cm³/mol. The van der Waals surface area contributed by atoms with Crippen LogP contribution >= 0.6 is 21.0 Å². The van der Waals surface area contributed by atoms with Crippen LogP contribution in [0.4, 0.5) is 0 Å². The molecule has 0 fully saturated rings. The monoisotopic (exact) mass is 252 g/mol. The molecule has 0 radical (unpaired) electrons. The number of hydrogen-bond acceptors (Lipinski definition) is 0. The summed E-state index contributed by atoms with van der Waals surface area (Å²) in [6.07, 6.45) is 0. The van der Waals surface area contributed by atoms with E-state index < -0.39 is 0 Å². The van der Waals surface area contributed by atoms with Gasteiger partial charge in [-0.05, 0) is 10.6 Å². The van der Waals surface area contributed by atoms with E-state index in [0.29, 0.717) is 0 Å². The van der Waals surface area contributed by atoms with Crippen LogP contribution in [0.3, 0.4) is 0 Å². The highest BCUT2D eigenvalue weighted by Crippen LogP contribution is 2.08. The van der Waals surface area contributed by atoms with E-state index in [1.807, 2.05) is 13.8 Å². The second-order valence-electron chi connectivity index (χ2n) is 2.86. The molecule has 0 aliphatic rings. The summed E-state index contributed by atoms with van der Waals surface area (Å²) >= 11 is 0. The van der Waals surface area contributed by atoms with Gasteiger partial charge in [0, 0.05) is 0 Å². The van der Waals surface area contributed by atoms with Gasteiger partial charge in [0.05, 0.1) is 0 Å². The number of rotatable bonds is 2. The van der Waals surface area contributed by atoms with Gasteiger partial charge in [-0.3, -0.25) is 0 Å². The molecule has 0 heterocycles. The minimum atomic E-state index is 0. The molecule has 16 heavy (non-hydrogen) atoms. The molecule has 0 amide bonds. The van der Waals surface area contributed by atoms with Gasteiger partial charge in [-0.2, -0.15) is 0 Å². The standard InChI is InChI=1S/C12H11P.C2H6.ClH/c1-3-7-11(8-4-1)13-12-9-5-2-6-10-12;1-2;/h1-10,13H;1-2H3;1H. The summed E-state index contributed by atoms with van der Waals surface area (Å²) < 4.78 is 0. The van der Waals surface area contributed by atoms with Crippen molar-refractivity contribution < 1.29 is 0 Å². The van der Waals surface area contributed by atoms with Crippen molar-refractivity contribution >= 4 is 31.6 Å². The van der Waals surface area contributed by atoms with E-state index in [4.69, 9.17) is 0 Å². The van der Waals surface area contributed by atoms with E-state index >= 15 is 0 Å². The van der Waals surface area contributed by atoms with Crippen molar-refractivity contribution in [3.63, 3.8) is 0 Å². The maximum Gasteiger partial charge on any atom is -0.0226 e. The van der Waals surface area contributed by atoms with Crippen molar-refractivity contribution in [1.29, 1.82) is 0 Å². The molecule has 2 aromatic rings. The van der Waals surface area contributed by atoms with E-state index in [2.05, 4.69) is 60.7 Å². The van der Waals surface area contributed by atoms with E-state index in [1.165, 1.54) is 10.6 Å². The first-order valence-electron chi connectivity index (χ1n) is 5.32. The van der Waals surface area contributed by atoms with E-state index in [1.54, 1.807) is 0 Å². The molecule has 0 saturated carbocycles. The van der Waals surface area contributed by atoms with E-state index in [9.17, 15) is 0 Å². The van der Waals surface area contributed by atoms with Crippen molar-refractivity contribution in [3.8, 4) is 0 Å². The first kappa shape index (κ1) is 15.2. The molecule has 0 atom stereocenters. The van der Waals surface area contributed by atoms with Gasteiger partial charge in [0.15, 0.2) is 0 Å². The van der Waals surface area contributed by atoms with E-state index in [-0.39, 0.29) is 12.4 Å². The summed E-state index contributed by atoms with van der Waals surface area (Å²) in [5.41, 5.74) is 0. The first-order valence-corrected chi connectivity index (χ1v) is 6.32. The highest BCUT2D eigenvalue weighted by molar-refractivity contribution is 7.55. The summed E-state index contributed by atoms with van der Waals surface area (Å²) in [6, 6.07) is 21.2. The minimum absolute atomic E-state index is 0. The maximum atomic E-state index is 2.17. The lowest BCUT2D eigenvalue weighted by atomic mass is 10.4. The van der Waals surface area contributed by atoms with Crippen molar-refractivity contribution in [2.75, 3.05) is 0 Å². The molecule has 0 bridgehead atoms. The Balaban J connectivity index is 0.000000711. The molecule has 2 heteroatoms. The van der Waals surface area contributed by atoms with Gasteiger partial charge in [-0.15, -0.1) is 12.4 Å². The molecule has 2 rings (SSSR count). The quantitative estimate of drug-likeness (QED) is 0.714. The number of halogens is 1. The zero-order valence-corrected chi connectivity index (χ0v) is 11.5. The average Bonchev–Trinajstić information content (AvgIpc) is 2.34. The van der Waals surface area contributed by atoms with Gasteiger partial charge >= 0.3 is 0 Å². The Morgan fingerprint density at radius 1 is 0.625 bits per heavy atom. The van der Waals surface area contributed by atoms with Crippen molar-refractivity contribution in [3.05, 3.63) is 60.7 Å². The second kappa shape index (κ2) is 9.39. The van der Waals surface area contributed by atoms with Crippen LogP contribution in [-0.2, 0) is 0 Å². The molecule has 0 nitrogen and oxygen atoms in total. The molecular weight excluding hydrogens is 235 g/mol. The summed E-state index contributed by atoms with van der Waals surface area (Å²) in [6.45, 7) is 4.00. The van der Waals surface area contributed by atoms with Crippen LogP contribution in [0.1, 0.15) is 13.8 Å². The fraction of sp³-hybridized carbons (Fsp3) is 0.143. The molecular formula is C14H18ClP. The lowest BCUT2D eigenvalue weighted by molar-refractivity contribution is 1.50. The Morgan fingerprint density at radius 2 is 0.938 bits per heavy atom. The average molecular weight is 253 g/mol. The van der Waals surface area contributed by atoms with Gasteiger partial charge < -0.3 is 0 Å². The summed E-state index contributed by atoms with van der Waals surface area (Å²) in [5.74, 6) is 0. The molecule has 0 aliphatic carbocycles. The Bertz CT molecular complexity index is 322. The smallest absolute Gasteiger partial charge is 0.0226 e. The molecule has 0 unspecified atom stereocenters. The highest BCUT2D eigenvalue weighted by atomic mass is 35.5. The third-order valence-corrected chi connectivity index (χ3v) is 3.08. The highest BCUT2D eigenvalue weighted by Gasteiger charge is 1.92. The summed E-state index contributed by atoms with van der Waals surface area (Å²) in [7, 11) is 0.777. The topological polar surface area (TPSA) is 0 Å². The number of hydrogen-bond donors (Lipinski definition) is 0. The van der Waals surface area contributed by atoms with Gasteiger partial charge in [0.1, 0.15) is 0 Å². The molecule has 0 aliphatic heterocycles. The van der Waals surface area contributed by atoms with Crippen molar-refractivity contribution in [2.24, 2.45) is 0 Å². The van der Waals surface area contributed by atoms with Gasteiger partial charge in [-0.25, -0.2) is 0 Å². The van der Waals surface area contributed by atoms with Crippen LogP contribution in [0.25, 0.3) is 0 Å². The van der Waals surface area contributed by atoms with Crippen molar-refractivity contribution in [2.45, 2.75) is 13.8 Å². The maximum absolute atomic E-state index is 2.17. The van der Waals surface area contributed by atoms with E-state index in [0.717, 1.165) is 8.58 Å². The van der Waals surface area contributed by atoms with Gasteiger partial charge in [0.25, 0.3) is 0 Å². The van der Waals surface area contributed by atoms with Gasteiger partial charge in [-0.1, -0.05) is 83.1 Å². The molecule has 2 aromatic carbocycles. The normalized spacial score (nSPS) is 8.38. The van der Waals surface area contributed by atoms with Crippen molar-refractivity contribution in [1.82, 2.24) is 0 Å². The minimum Gasteiger partial charge on any atom is -0.147 e. The summed E-state index contributed by atoms with van der Waals surface area (Å²) in [5, 5.41) is 2.79. The Morgan fingerprint density at radius 3 is 1.25 bits per heavy atom. The zero-order valence-electron chi connectivity index (χ0n) is 9.68. The van der Waals surface area contributed by atoms with Crippen LogP contribution in [0.15, 0.2) is 60.7 Å². The third kappa shape index (κ3) is 5.30. The fourth-order valence-electron chi connectivity index (χ4n) is 1.21. The Labute approximate surface area is 106 Å². The number of benzene rings is 2. The van der Waals surface area contributed by atoms with Crippen LogP contribution in [0.5, 0.6) is 0 Å². The second-order valence-corrected chi connectivity index (χ2v) is 4.26. The zero-order chi connectivity index (χ0) is 10.9. The Hall–Kier alpha value is -0.840. The molecule has 86 valence electrons. The molecule has 0 N–H and O–H groups in total. The van der Waals surface area contributed by atoms with Crippen LogP contribution in [0, 0.1) is 0 Å². The lowest BCUT2D eigenvalue weighted by Gasteiger charge is -2.00. The van der Waals surface area contributed by atoms with Crippen LogP contribution in [-0.4, -0.2) is 0 Å².